The number of methoxy groups -OCH3 is 2. The normalized spacial score (nSPS) is 15.1. The van der Waals surface area contributed by atoms with E-state index in [4.69, 9.17) is 14.6 Å². The second-order valence-electron chi connectivity index (χ2n) is 9.54. The van der Waals surface area contributed by atoms with Crippen LogP contribution in [0.25, 0.3) is 16.9 Å². The van der Waals surface area contributed by atoms with Gasteiger partial charge in [-0.2, -0.15) is 5.10 Å². The van der Waals surface area contributed by atoms with E-state index in [1.165, 1.54) is 0 Å². The molecule has 1 fully saturated rings. The van der Waals surface area contributed by atoms with Crippen molar-refractivity contribution in [3.63, 3.8) is 0 Å². The first-order valence-corrected chi connectivity index (χ1v) is 11.7. The number of hydrogen-bond acceptors (Lipinski definition) is 5. The first-order valence-electron chi connectivity index (χ1n) is 11.7. The van der Waals surface area contributed by atoms with Crippen molar-refractivity contribution < 1.29 is 14.3 Å². The van der Waals surface area contributed by atoms with Crippen LogP contribution in [0.3, 0.4) is 0 Å². The molecule has 0 spiro atoms. The molecule has 7 nitrogen and oxygen atoms in total. The Morgan fingerprint density at radius 1 is 0.912 bits per heavy atom. The number of para-hydroxylation sites is 1. The van der Waals surface area contributed by atoms with E-state index in [9.17, 15) is 4.79 Å². The molecule has 0 unspecified atom stereocenters. The summed E-state index contributed by atoms with van der Waals surface area (Å²) in [5.74, 6) is 1.24. The average Bonchev–Trinajstić information content (AvgIpc) is 3.13. The van der Waals surface area contributed by atoms with E-state index in [1.54, 1.807) is 18.9 Å². The van der Waals surface area contributed by atoms with Crippen molar-refractivity contribution in [2.45, 2.75) is 32.7 Å². The minimum absolute atomic E-state index is 0.00252. The van der Waals surface area contributed by atoms with Crippen molar-refractivity contribution in [1.29, 1.82) is 0 Å². The number of carbonyl (C=O) groups excluding carboxylic acids is 1. The first-order chi connectivity index (χ1) is 16.3. The Bertz CT molecular complexity index is 1130. The molecule has 1 aliphatic heterocycles. The van der Waals surface area contributed by atoms with Gasteiger partial charge in [0.25, 0.3) is 5.91 Å². The second kappa shape index (κ2) is 9.89. The number of nitrogens with zero attached hydrogens (tertiary/aromatic N) is 4. The molecule has 2 aromatic carbocycles. The molecule has 1 aromatic heterocycles. The van der Waals surface area contributed by atoms with Crippen molar-refractivity contribution in [1.82, 2.24) is 19.6 Å². The minimum atomic E-state index is 0.00252. The van der Waals surface area contributed by atoms with Crippen LogP contribution in [-0.2, 0) is 0 Å². The first kappa shape index (κ1) is 23.8. The SMILES string of the molecule is COc1ccc(-c2nn(-c3ccccc3)cc2C(=O)N2CCCN(C(C)(C)C)CC2)cc1OC. The van der Waals surface area contributed by atoms with Gasteiger partial charge in [-0.25, -0.2) is 4.68 Å². The predicted molar refractivity (Wildman–Crippen MR) is 134 cm³/mol. The van der Waals surface area contributed by atoms with Gasteiger partial charge in [0.05, 0.1) is 25.5 Å². The lowest BCUT2D eigenvalue weighted by molar-refractivity contribution is 0.0750. The van der Waals surface area contributed by atoms with E-state index >= 15 is 0 Å². The monoisotopic (exact) mass is 462 g/mol. The Morgan fingerprint density at radius 3 is 2.32 bits per heavy atom. The highest BCUT2D eigenvalue weighted by Gasteiger charge is 2.29. The largest absolute Gasteiger partial charge is 0.493 e. The summed E-state index contributed by atoms with van der Waals surface area (Å²) in [6.07, 6.45) is 2.79. The molecule has 1 amide bonds. The van der Waals surface area contributed by atoms with Crippen LogP contribution >= 0.6 is 0 Å². The van der Waals surface area contributed by atoms with E-state index in [0.717, 1.165) is 37.3 Å². The molecule has 7 heteroatoms. The van der Waals surface area contributed by atoms with Crippen molar-refractivity contribution >= 4 is 5.91 Å². The fourth-order valence-corrected chi connectivity index (χ4v) is 4.40. The summed E-state index contributed by atoms with van der Waals surface area (Å²) >= 11 is 0. The Kier molecular flexibility index (Phi) is 6.93. The highest BCUT2D eigenvalue weighted by molar-refractivity contribution is 6.00. The maximum absolute atomic E-state index is 13.8. The smallest absolute Gasteiger partial charge is 0.257 e. The number of carbonyl (C=O) groups is 1. The molecule has 4 rings (SSSR count). The summed E-state index contributed by atoms with van der Waals surface area (Å²) in [6.45, 7) is 9.94. The van der Waals surface area contributed by atoms with Crippen LogP contribution in [-0.4, -0.2) is 71.4 Å². The van der Waals surface area contributed by atoms with Crippen LogP contribution in [0.4, 0.5) is 0 Å². The molecule has 180 valence electrons. The molecule has 1 aliphatic rings. The average molecular weight is 463 g/mol. The van der Waals surface area contributed by atoms with Crippen LogP contribution in [0.15, 0.2) is 54.7 Å². The zero-order chi connectivity index (χ0) is 24.3. The maximum Gasteiger partial charge on any atom is 0.257 e. The summed E-state index contributed by atoms with van der Waals surface area (Å²) in [4.78, 5) is 18.2. The van der Waals surface area contributed by atoms with Crippen molar-refractivity contribution in [3.05, 3.63) is 60.3 Å². The molecule has 0 aliphatic carbocycles. The molecule has 3 aromatic rings. The fraction of sp³-hybridized carbons (Fsp3) is 0.407. The van der Waals surface area contributed by atoms with E-state index in [0.29, 0.717) is 29.3 Å². The summed E-state index contributed by atoms with van der Waals surface area (Å²) in [7, 11) is 3.21. The van der Waals surface area contributed by atoms with E-state index in [1.807, 2.05) is 59.6 Å². The van der Waals surface area contributed by atoms with Gasteiger partial charge in [0.15, 0.2) is 11.5 Å². The number of benzene rings is 2. The molecular formula is C27H34N4O3. The fourth-order valence-electron chi connectivity index (χ4n) is 4.40. The standard InChI is InChI=1S/C27H34N4O3/c1-27(2,3)30-15-9-14-29(16-17-30)26(32)22-19-31(21-10-7-6-8-11-21)28-25(22)20-12-13-23(33-4)24(18-20)34-5/h6-8,10-13,18-19H,9,14-17H2,1-5H3. The molecule has 0 N–H and O–H groups in total. The maximum atomic E-state index is 13.8. The summed E-state index contributed by atoms with van der Waals surface area (Å²) < 4.78 is 12.7. The van der Waals surface area contributed by atoms with Gasteiger partial charge in [0.1, 0.15) is 5.69 Å². The van der Waals surface area contributed by atoms with Gasteiger partial charge < -0.3 is 14.4 Å². The zero-order valence-corrected chi connectivity index (χ0v) is 20.7. The molecule has 1 saturated heterocycles. The molecule has 0 saturated carbocycles. The predicted octanol–water partition coefficient (Wildman–Crippen LogP) is 4.50. The lowest BCUT2D eigenvalue weighted by Crippen LogP contribution is -2.44. The van der Waals surface area contributed by atoms with E-state index in [2.05, 4.69) is 25.7 Å². The second-order valence-corrected chi connectivity index (χ2v) is 9.54. The highest BCUT2D eigenvalue weighted by atomic mass is 16.5. The van der Waals surface area contributed by atoms with Crippen LogP contribution in [0.2, 0.25) is 0 Å². The summed E-state index contributed by atoms with van der Waals surface area (Å²) in [5, 5.41) is 4.84. The topological polar surface area (TPSA) is 59.8 Å². The Balaban J connectivity index is 1.73. The van der Waals surface area contributed by atoms with Gasteiger partial charge >= 0.3 is 0 Å². The van der Waals surface area contributed by atoms with Gasteiger partial charge in [-0.1, -0.05) is 18.2 Å². The number of aromatic nitrogens is 2. The quantitative estimate of drug-likeness (QED) is 0.559. The van der Waals surface area contributed by atoms with Crippen molar-refractivity contribution in [2.75, 3.05) is 40.4 Å². The molecule has 0 bridgehead atoms. The van der Waals surface area contributed by atoms with E-state index in [-0.39, 0.29) is 11.4 Å². The molecule has 0 radical (unpaired) electrons. The zero-order valence-electron chi connectivity index (χ0n) is 20.7. The summed E-state index contributed by atoms with van der Waals surface area (Å²) in [6, 6.07) is 15.5. The van der Waals surface area contributed by atoms with Crippen LogP contribution in [0, 0.1) is 0 Å². The number of hydrogen-bond donors (Lipinski definition) is 0. The molecule has 2 heterocycles. The highest BCUT2D eigenvalue weighted by Crippen LogP contribution is 2.34. The summed E-state index contributed by atoms with van der Waals surface area (Å²) in [5.41, 5.74) is 3.01. The van der Waals surface area contributed by atoms with E-state index < -0.39 is 0 Å². The Hall–Kier alpha value is -3.32. The lowest BCUT2D eigenvalue weighted by Gasteiger charge is -2.34. The van der Waals surface area contributed by atoms with Gasteiger partial charge in [0, 0.05) is 43.5 Å². The molecule has 34 heavy (non-hydrogen) atoms. The Labute approximate surface area is 201 Å². The third-order valence-electron chi connectivity index (χ3n) is 6.35. The molecule has 0 atom stereocenters. The Morgan fingerprint density at radius 2 is 1.65 bits per heavy atom. The number of ether oxygens (including phenoxy) is 2. The van der Waals surface area contributed by atoms with Crippen LogP contribution in [0.1, 0.15) is 37.6 Å². The minimum Gasteiger partial charge on any atom is -0.493 e. The third kappa shape index (κ3) is 4.94. The number of amides is 1. The van der Waals surface area contributed by atoms with Crippen molar-refractivity contribution in [3.8, 4) is 28.4 Å². The van der Waals surface area contributed by atoms with Gasteiger partial charge in [-0.3, -0.25) is 9.69 Å². The number of rotatable bonds is 5. The van der Waals surface area contributed by atoms with Gasteiger partial charge in [-0.15, -0.1) is 0 Å². The van der Waals surface area contributed by atoms with Crippen LogP contribution in [0.5, 0.6) is 11.5 Å². The lowest BCUT2D eigenvalue weighted by atomic mass is 10.1. The van der Waals surface area contributed by atoms with Gasteiger partial charge in [0.2, 0.25) is 0 Å². The third-order valence-corrected chi connectivity index (χ3v) is 6.35. The van der Waals surface area contributed by atoms with Crippen molar-refractivity contribution in [2.24, 2.45) is 0 Å². The molecular weight excluding hydrogens is 428 g/mol. The van der Waals surface area contributed by atoms with Crippen LogP contribution < -0.4 is 9.47 Å². The van der Waals surface area contributed by atoms with Gasteiger partial charge in [-0.05, 0) is 57.5 Å².